The zero-order valence-corrected chi connectivity index (χ0v) is 13.7. The highest BCUT2D eigenvalue weighted by atomic mass is 15.3. The fraction of sp³-hybridized carbons (Fsp3) is 0.824. The predicted octanol–water partition coefficient (Wildman–Crippen LogP) is 3.85. The molecule has 1 aromatic rings. The van der Waals surface area contributed by atoms with E-state index in [0.29, 0.717) is 6.04 Å². The molecule has 1 aromatic heterocycles. The van der Waals surface area contributed by atoms with Gasteiger partial charge in [-0.1, -0.05) is 33.6 Å². The lowest BCUT2D eigenvalue weighted by Crippen LogP contribution is -2.33. The van der Waals surface area contributed by atoms with Crippen molar-refractivity contribution in [1.82, 2.24) is 15.1 Å². The van der Waals surface area contributed by atoms with Gasteiger partial charge < -0.3 is 5.32 Å². The van der Waals surface area contributed by atoms with E-state index in [1.807, 2.05) is 0 Å². The fourth-order valence-electron chi connectivity index (χ4n) is 3.60. The normalized spacial score (nSPS) is 24.8. The molecule has 0 saturated heterocycles. The molecular formula is C17H31N3. The lowest BCUT2D eigenvalue weighted by molar-refractivity contribution is 0.218. The molecule has 1 heterocycles. The molecule has 1 fully saturated rings. The molecule has 0 amide bonds. The maximum atomic E-state index is 4.65. The van der Waals surface area contributed by atoms with Gasteiger partial charge in [-0.15, -0.1) is 0 Å². The number of hydrogen-bond acceptors (Lipinski definition) is 2. The molecule has 1 aliphatic rings. The lowest BCUT2D eigenvalue weighted by Gasteiger charge is -2.34. The van der Waals surface area contributed by atoms with Crippen LogP contribution >= 0.6 is 0 Å². The molecule has 0 bridgehead atoms. The van der Waals surface area contributed by atoms with E-state index in [1.54, 1.807) is 0 Å². The molecule has 0 aliphatic heterocycles. The molecule has 3 nitrogen and oxygen atoms in total. The van der Waals surface area contributed by atoms with E-state index >= 15 is 0 Å². The van der Waals surface area contributed by atoms with Crippen LogP contribution < -0.4 is 5.32 Å². The second-order valence-electron chi connectivity index (χ2n) is 6.50. The summed E-state index contributed by atoms with van der Waals surface area (Å²) in [7, 11) is 2.10. The van der Waals surface area contributed by atoms with Crippen molar-refractivity contribution in [1.29, 1.82) is 0 Å². The Kier molecular flexibility index (Phi) is 5.64. The number of aromatic nitrogens is 2. The predicted molar refractivity (Wildman–Crippen MR) is 84.7 cm³/mol. The van der Waals surface area contributed by atoms with Gasteiger partial charge in [0, 0.05) is 7.05 Å². The van der Waals surface area contributed by atoms with Gasteiger partial charge in [-0.25, -0.2) is 0 Å². The molecule has 3 heteroatoms. The van der Waals surface area contributed by atoms with Crippen LogP contribution in [0, 0.1) is 11.8 Å². The fourth-order valence-corrected chi connectivity index (χ4v) is 3.60. The summed E-state index contributed by atoms with van der Waals surface area (Å²) >= 11 is 0. The van der Waals surface area contributed by atoms with Crippen molar-refractivity contribution in [3.8, 4) is 0 Å². The van der Waals surface area contributed by atoms with Crippen molar-refractivity contribution >= 4 is 0 Å². The molecule has 1 aliphatic carbocycles. The minimum atomic E-state index is 0.482. The Balaban J connectivity index is 2.19. The highest BCUT2D eigenvalue weighted by molar-refractivity contribution is 5.15. The first-order chi connectivity index (χ1) is 9.65. The van der Waals surface area contributed by atoms with Crippen molar-refractivity contribution in [2.45, 2.75) is 65.3 Å². The smallest absolute Gasteiger partial charge is 0.0625 e. The van der Waals surface area contributed by atoms with Gasteiger partial charge >= 0.3 is 0 Å². The highest BCUT2D eigenvalue weighted by Gasteiger charge is 2.29. The van der Waals surface area contributed by atoms with Gasteiger partial charge in [0.2, 0.25) is 0 Å². The molecule has 2 rings (SSSR count). The summed E-state index contributed by atoms with van der Waals surface area (Å²) in [6.45, 7) is 7.93. The second kappa shape index (κ2) is 7.26. The number of hydrogen-bond donors (Lipinski definition) is 1. The summed E-state index contributed by atoms with van der Waals surface area (Å²) in [5.41, 5.74) is 2.60. The summed E-state index contributed by atoms with van der Waals surface area (Å²) in [6, 6.07) is 2.79. The van der Waals surface area contributed by atoms with Gasteiger partial charge in [-0.3, -0.25) is 4.68 Å². The Hall–Kier alpha value is -0.830. The standard InChI is InChI=1S/C17H31N3/c1-5-10-18-17(14-9-7-8-13(3)11-14)16-12-15(6-2)19-20(16)4/h12-14,17-18H,5-11H2,1-4H3. The molecule has 0 radical (unpaired) electrons. The molecule has 1 N–H and O–H groups in total. The topological polar surface area (TPSA) is 29.9 Å². The van der Waals surface area contributed by atoms with Crippen LogP contribution in [0.15, 0.2) is 6.07 Å². The van der Waals surface area contributed by atoms with Gasteiger partial charge in [0.25, 0.3) is 0 Å². The van der Waals surface area contributed by atoms with Crippen LogP contribution in [0.4, 0.5) is 0 Å². The number of rotatable bonds is 6. The lowest BCUT2D eigenvalue weighted by atomic mass is 9.77. The maximum absolute atomic E-state index is 4.65. The average Bonchev–Trinajstić information content (AvgIpc) is 2.81. The molecular weight excluding hydrogens is 246 g/mol. The molecule has 114 valence electrons. The van der Waals surface area contributed by atoms with Gasteiger partial charge in [0.1, 0.15) is 0 Å². The summed E-state index contributed by atoms with van der Waals surface area (Å²) in [4.78, 5) is 0. The monoisotopic (exact) mass is 277 g/mol. The second-order valence-corrected chi connectivity index (χ2v) is 6.50. The van der Waals surface area contributed by atoms with E-state index in [9.17, 15) is 0 Å². The SMILES string of the molecule is CCCNC(c1cc(CC)nn1C)C1CCCC(C)C1. The first-order valence-corrected chi connectivity index (χ1v) is 8.41. The van der Waals surface area contributed by atoms with E-state index in [1.165, 1.54) is 43.5 Å². The Morgan fingerprint density at radius 1 is 1.40 bits per heavy atom. The zero-order valence-electron chi connectivity index (χ0n) is 13.7. The van der Waals surface area contributed by atoms with Crippen LogP contribution in [-0.2, 0) is 13.5 Å². The quantitative estimate of drug-likeness (QED) is 0.856. The van der Waals surface area contributed by atoms with Crippen LogP contribution in [0.5, 0.6) is 0 Å². The van der Waals surface area contributed by atoms with Crippen molar-refractivity contribution in [2.75, 3.05) is 6.54 Å². The van der Waals surface area contributed by atoms with Gasteiger partial charge in [-0.05, 0) is 50.1 Å². The minimum absolute atomic E-state index is 0.482. The molecule has 3 atom stereocenters. The van der Waals surface area contributed by atoms with Crippen LogP contribution in [-0.4, -0.2) is 16.3 Å². The largest absolute Gasteiger partial charge is 0.308 e. The van der Waals surface area contributed by atoms with E-state index in [4.69, 9.17) is 0 Å². The van der Waals surface area contributed by atoms with Crippen molar-refractivity contribution in [3.05, 3.63) is 17.5 Å². The number of nitrogens with zero attached hydrogens (tertiary/aromatic N) is 2. The summed E-state index contributed by atoms with van der Waals surface area (Å²) in [6.07, 6.45) is 7.72. The summed E-state index contributed by atoms with van der Waals surface area (Å²) < 4.78 is 2.10. The van der Waals surface area contributed by atoms with Crippen LogP contribution in [0.25, 0.3) is 0 Å². The molecule has 3 unspecified atom stereocenters. The van der Waals surface area contributed by atoms with Gasteiger partial charge in [0.15, 0.2) is 0 Å². The van der Waals surface area contributed by atoms with Gasteiger partial charge in [-0.2, -0.15) is 5.10 Å². The summed E-state index contributed by atoms with van der Waals surface area (Å²) in [5, 5.41) is 8.44. The molecule has 1 saturated carbocycles. The molecule has 0 aromatic carbocycles. The Labute approximate surface area is 124 Å². The Morgan fingerprint density at radius 3 is 2.80 bits per heavy atom. The van der Waals surface area contributed by atoms with E-state index in [2.05, 4.69) is 49.0 Å². The maximum Gasteiger partial charge on any atom is 0.0625 e. The number of nitrogens with one attached hydrogen (secondary N) is 1. The first kappa shape index (κ1) is 15.6. The highest BCUT2D eigenvalue weighted by Crippen LogP contribution is 2.37. The molecule has 20 heavy (non-hydrogen) atoms. The third-order valence-electron chi connectivity index (χ3n) is 4.71. The van der Waals surface area contributed by atoms with Crippen molar-refractivity contribution < 1.29 is 0 Å². The van der Waals surface area contributed by atoms with Gasteiger partial charge in [0.05, 0.1) is 17.4 Å². The van der Waals surface area contributed by atoms with E-state index in [0.717, 1.165) is 24.8 Å². The van der Waals surface area contributed by atoms with Crippen molar-refractivity contribution in [2.24, 2.45) is 18.9 Å². The van der Waals surface area contributed by atoms with E-state index in [-0.39, 0.29) is 0 Å². The average molecular weight is 277 g/mol. The summed E-state index contributed by atoms with van der Waals surface area (Å²) in [5.74, 6) is 1.64. The van der Waals surface area contributed by atoms with Crippen LogP contribution in [0.2, 0.25) is 0 Å². The van der Waals surface area contributed by atoms with E-state index < -0.39 is 0 Å². The minimum Gasteiger partial charge on any atom is -0.308 e. The first-order valence-electron chi connectivity index (χ1n) is 8.41. The number of aryl methyl sites for hydroxylation is 2. The Bertz CT molecular complexity index is 410. The Morgan fingerprint density at radius 2 is 2.20 bits per heavy atom. The third-order valence-corrected chi connectivity index (χ3v) is 4.71. The van der Waals surface area contributed by atoms with Crippen molar-refractivity contribution in [3.63, 3.8) is 0 Å². The molecule has 0 spiro atoms. The zero-order chi connectivity index (χ0) is 14.5. The van der Waals surface area contributed by atoms with Crippen LogP contribution in [0.1, 0.15) is 70.3 Å². The third kappa shape index (κ3) is 3.63. The van der Waals surface area contributed by atoms with Crippen LogP contribution in [0.3, 0.4) is 0 Å².